The Hall–Kier alpha value is -3.47. The highest BCUT2D eigenvalue weighted by Gasteiger charge is 2.25. The minimum absolute atomic E-state index is 0.0663. The first-order valence-electron chi connectivity index (χ1n) is 9.10. The summed E-state index contributed by atoms with van der Waals surface area (Å²) in [4.78, 5) is 26.9. The van der Waals surface area contributed by atoms with Crippen molar-refractivity contribution >= 4 is 23.2 Å². The Bertz CT molecular complexity index is 1060. The fourth-order valence-electron chi connectivity index (χ4n) is 3.34. The summed E-state index contributed by atoms with van der Waals surface area (Å²) in [5.74, 6) is -0.880. The van der Waals surface area contributed by atoms with Crippen LogP contribution in [0.2, 0.25) is 0 Å². The van der Waals surface area contributed by atoms with E-state index >= 15 is 0 Å². The molecule has 0 saturated heterocycles. The maximum atomic E-state index is 13.7. The summed E-state index contributed by atoms with van der Waals surface area (Å²) in [7, 11) is 0. The molecular formula is C23H19FN2O2. The maximum Gasteiger partial charge on any atom is 0.258 e. The second kappa shape index (κ2) is 7.27. The van der Waals surface area contributed by atoms with E-state index in [4.69, 9.17) is 0 Å². The van der Waals surface area contributed by atoms with E-state index in [1.54, 1.807) is 48.2 Å². The van der Waals surface area contributed by atoms with Gasteiger partial charge in [-0.15, -0.1) is 0 Å². The lowest BCUT2D eigenvalue weighted by Gasteiger charge is -2.17. The number of halogens is 1. The number of nitrogens with zero attached hydrogens (tertiary/aromatic N) is 1. The van der Waals surface area contributed by atoms with Gasteiger partial charge in [0.15, 0.2) is 0 Å². The summed E-state index contributed by atoms with van der Waals surface area (Å²) >= 11 is 0. The number of fused-ring (bicyclic) bond motifs is 1. The summed E-state index contributed by atoms with van der Waals surface area (Å²) in [5.41, 5.74) is 3.96. The minimum Gasteiger partial charge on any atom is -0.322 e. The first-order valence-corrected chi connectivity index (χ1v) is 9.10. The number of hydrogen-bond acceptors (Lipinski definition) is 2. The molecule has 0 aromatic heterocycles. The molecule has 0 spiro atoms. The first-order chi connectivity index (χ1) is 13.5. The van der Waals surface area contributed by atoms with Crippen molar-refractivity contribution in [2.24, 2.45) is 0 Å². The van der Waals surface area contributed by atoms with Gasteiger partial charge in [0.2, 0.25) is 0 Å². The van der Waals surface area contributed by atoms with Crippen LogP contribution in [-0.2, 0) is 6.42 Å². The monoisotopic (exact) mass is 374 g/mol. The SMILES string of the molecule is Cc1ccc(C(=O)Nc2ccc(C(=O)N3CCc4ccccc43)cc2)cc1F. The quantitative estimate of drug-likeness (QED) is 0.729. The number of rotatable bonds is 3. The first kappa shape index (κ1) is 17.9. The van der Waals surface area contributed by atoms with E-state index in [0.717, 1.165) is 12.1 Å². The third-order valence-electron chi connectivity index (χ3n) is 4.96. The van der Waals surface area contributed by atoms with Crippen molar-refractivity contribution in [2.75, 3.05) is 16.8 Å². The zero-order valence-electron chi connectivity index (χ0n) is 15.4. The smallest absolute Gasteiger partial charge is 0.258 e. The number of para-hydroxylation sites is 1. The standard InChI is InChI=1S/C23H19FN2O2/c1-15-6-7-18(14-20(15)24)22(27)25-19-10-8-17(9-11-19)23(28)26-13-12-16-4-2-3-5-21(16)26/h2-11,14H,12-13H2,1H3,(H,25,27). The Morgan fingerprint density at radius 2 is 1.68 bits per heavy atom. The molecule has 3 aromatic carbocycles. The van der Waals surface area contributed by atoms with E-state index in [1.165, 1.54) is 11.6 Å². The van der Waals surface area contributed by atoms with Crippen molar-refractivity contribution in [3.63, 3.8) is 0 Å². The molecule has 1 aliphatic rings. The summed E-state index contributed by atoms with van der Waals surface area (Å²) in [5, 5.41) is 2.73. The molecule has 1 heterocycles. The van der Waals surface area contributed by atoms with Gasteiger partial charge in [-0.25, -0.2) is 4.39 Å². The molecule has 0 aliphatic carbocycles. The molecular weight excluding hydrogens is 355 g/mol. The largest absolute Gasteiger partial charge is 0.322 e. The van der Waals surface area contributed by atoms with Gasteiger partial charge in [0.1, 0.15) is 5.82 Å². The van der Waals surface area contributed by atoms with Crippen molar-refractivity contribution in [1.82, 2.24) is 0 Å². The Balaban J connectivity index is 1.47. The second-order valence-electron chi connectivity index (χ2n) is 6.83. The number of carbonyl (C=O) groups is 2. The molecule has 0 radical (unpaired) electrons. The lowest BCUT2D eigenvalue weighted by Crippen LogP contribution is -2.28. The Morgan fingerprint density at radius 1 is 0.964 bits per heavy atom. The molecule has 140 valence electrons. The molecule has 0 unspecified atom stereocenters. The molecule has 0 bridgehead atoms. The number of nitrogens with one attached hydrogen (secondary N) is 1. The number of amides is 2. The second-order valence-corrected chi connectivity index (χ2v) is 6.83. The molecule has 1 aliphatic heterocycles. The molecule has 4 rings (SSSR count). The van der Waals surface area contributed by atoms with Crippen LogP contribution in [0, 0.1) is 12.7 Å². The molecule has 5 heteroatoms. The van der Waals surface area contributed by atoms with Gasteiger partial charge in [0, 0.05) is 29.0 Å². The molecule has 28 heavy (non-hydrogen) atoms. The summed E-state index contributed by atoms with van der Waals surface area (Å²) in [6.07, 6.45) is 0.850. The van der Waals surface area contributed by atoms with Crippen LogP contribution in [0.3, 0.4) is 0 Å². The van der Waals surface area contributed by atoms with Gasteiger partial charge >= 0.3 is 0 Å². The molecule has 0 saturated carbocycles. The van der Waals surface area contributed by atoms with Gasteiger partial charge in [0.05, 0.1) is 0 Å². The molecule has 0 atom stereocenters. The highest BCUT2D eigenvalue weighted by Crippen LogP contribution is 2.29. The van der Waals surface area contributed by atoms with Crippen molar-refractivity contribution in [3.8, 4) is 0 Å². The number of aryl methyl sites for hydroxylation is 1. The third-order valence-corrected chi connectivity index (χ3v) is 4.96. The lowest BCUT2D eigenvalue weighted by atomic mass is 10.1. The van der Waals surface area contributed by atoms with Gasteiger partial charge < -0.3 is 10.2 Å². The zero-order chi connectivity index (χ0) is 19.7. The van der Waals surface area contributed by atoms with E-state index in [9.17, 15) is 14.0 Å². The minimum atomic E-state index is -0.417. The zero-order valence-corrected chi connectivity index (χ0v) is 15.4. The fourth-order valence-corrected chi connectivity index (χ4v) is 3.34. The number of anilines is 2. The van der Waals surface area contributed by atoms with Gasteiger partial charge in [-0.1, -0.05) is 24.3 Å². The van der Waals surface area contributed by atoms with Crippen LogP contribution in [0.1, 0.15) is 31.8 Å². The average molecular weight is 374 g/mol. The third kappa shape index (κ3) is 3.39. The number of benzene rings is 3. The molecule has 0 fully saturated rings. The average Bonchev–Trinajstić information content (AvgIpc) is 3.14. The Kier molecular flexibility index (Phi) is 4.65. The van der Waals surface area contributed by atoms with Crippen molar-refractivity contribution < 1.29 is 14.0 Å². The van der Waals surface area contributed by atoms with Crippen molar-refractivity contribution in [1.29, 1.82) is 0 Å². The van der Waals surface area contributed by atoms with Crippen LogP contribution in [0.15, 0.2) is 66.7 Å². The highest BCUT2D eigenvalue weighted by molar-refractivity contribution is 6.08. The summed E-state index contributed by atoms with van der Waals surface area (Å²) in [6, 6.07) is 19.0. The van der Waals surface area contributed by atoms with Crippen LogP contribution < -0.4 is 10.2 Å². The number of carbonyl (C=O) groups excluding carboxylic acids is 2. The van der Waals surface area contributed by atoms with Crippen LogP contribution in [0.4, 0.5) is 15.8 Å². The van der Waals surface area contributed by atoms with Gasteiger partial charge in [-0.3, -0.25) is 9.59 Å². The molecule has 2 amide bonds. The summed E-state index contributed by atoms with van der Waals surface area (Å²) in [6.45, 7) is 2.31. The van der Waals surface area contributed by atoms with E-state index in [2.05, 4.69) is 5.32 Å². The highest BCUT2D eigenvalue weighted by atomic mass is 19.1. The van der Waals surface area contributed by atoms with Gasteiger partial charge in [0.25, 0.3) is 11.8 Å². The maximum absolute atomic E-state index is 13.7. The normalized spacial score (nSPS) is 12.6. The molecule has 1 N–H and O–H groups in total. The van der Waals surface area contributed by atoms with E-state index in [-0.39, 0.29) is 11.5 Å². The fraction of sp³-hybridized carbons (Fsp3) is 0.130. The van der Waals surface area contributed by atoms with Crippen LogP contribution in [-0.4, -0.2) is 18.4 Å². The molecule has 4 nitrogen and oxygen atoms in total. The van der Waals surface area contributed by atoms with Crippen LogP contribution in [0.5, 0.6) is 0 Å². The van der Waals surface area contributed by atoms with Gasteiger partial charge in [-0.05, 0) is 66.9 Å². The van der Waals surface area contributed by atoms with Gasteiger partial charge in [-0.2, -0.15) is 0 Å². The lowest BCUT2D eigenvalue weighted by molar-refractivity contribution is 0.0988. The van der Waals surface area contributed by atoms with Crippen molar-refractivity contribution in [2.45, 2.75) is 13.3 Å². The van der Waals surface area contributed by atoms with Crippen LogP contribution in [0.25, 0.3) is 0 Å². The summed E-state index contributed by atoms with van der Waals surface area (Å²) < 4.78 is 13.7. The van der Waals surface area contributed by atoms with E-state index in [0.29, 0.717) is 23.4 Å². The Labute approximate surface area is 162 Å². The predicted molar refractivity (Wildman–Crippen MR) is 107 cm³/mol. The van der Waals surface area contributed by atoms with Crippen molar-refractivity contribution in [3.05, 3.63) is 94.8 Å². The van der Waals surface area contributed by atoms with E-state index < -0.39 is 11.7 Å². The Morgan fingerprint density at radius 3 is 2.43 bits per heavy atom. The van der Waals surface area contributed by atoms with E-state index in [1.807, 2.05) is 24.3 Å². The topological polar surface area (TPSA) is 49.4 Å². The number of hydrogen-bond donors (Lipinski definition) is 1. The molecule has 3 aromatic rings. The predicted octanol–water partition coefficient (Wildman–Crippen LogP) is 4.59. The van der Waals surface area contributed by atoms with Crippen LogP contribution >= 0.6 is 0 Å².